The van der Waals surface area contributed by atoms with Gasteiger partial charge < -0.3 is 5.73 Å². The molecule has 0 saturated heterocycles. The normalized spacial score (nSPS) is 24.8. The number of nitrogens with zero attached hydrogens (tertiary/aromatic N) is 1. The quantitative estimate of drug-likeness (QED) is 0.834. The number of carbonyl (C=O) groups excluding carboxylic acids is 1. The molecule has 2 N–H and O–H groups in total. The van der Waals surface area contributed by atoms with E-state index in [2.05, 4.69) is 0 Å². The molecular formula is C15H17FN2O3S. The molecule has 0 bridgehead atoms. The lowest BCUT2D eigenvalue weighted by Crippen LogP contribution is -2.42. The van der Waals surface area contributed by atoms with Crippen LogP contribution in [-0.2, 0) is 14.6 Å². The van der Waals surface area contributed by atoms with E-state index in [-0.39, 0.29) is 17.1 Å². The van der Waals surface area contributed by atoms with E-state index in [1.807, 2.05) is 6.07 Å². The Kier molecular flexibility index (Phi) is 4.52. The predicted molar refractivity (Wildman–Crippen MR) is 77.7 cm³/mol. The second-order valence-electron chi connectivity index (χ2n) is 5.68. The van der Waals surface area contributed by atoms with Gasteiger partial charge in [0.05, 0.1) is 22.1 Å². The van der Waals surface area contributed by atoms with E-state index in [1.165, 1.54) is 12.1 Å². The van der Waals surface area contributed by atoms with Gasteiger partial charge in [-0.05, 0) is 43.0 Å². The van der Waals surface area contributed by atoms with Gasteiger partial charge in [-0.15, -0.1) is 0 Å². The Morgan fingerprint density at radius 2 is 2.05 bits per heavy atom. The number of amides is 1. The first-order chi connectivity index (χ1) is 10.3. The van der Waals surface area contributed by atoms with Crippen molar-refractivity contribution in [1.29, 1.82) is 5.26 Å². The Balaban J connectivity index is 2.30. The number of sulfone groups is 1. The van der Waals surface area contributed by atoms with E-state index < -0.39 is 32.9 Å². The van der Waals surface area contributed by atoms with Gasteiger partial charge in [0.1, 0.15) is 5.82 Å². The summed E-state index contributed by atoms with van der Waals surface area (Å²) in [4.78, 5) is 11.8. The fraction of sp³-hybridized carbons (Fsp3) is 0.467. The molecule has 2 rings (SSSR count). The smallest absolute Gasteiger partial charge is 0.224 e. The lowest BCUT2D eigenvalue weighted by atomic mass is 9.75. The lowest BCUT2D eigenvalue weighted by Gasteiger charge is -2.29. The van der Waals surface area contributed by atoms with Gasteiger partial charge in [-0.3, -0.25) is 4.79 Å². The highest BCUT2D eigenvalue weighted by atomic mass is 32.2. The van der Waals surface area contributed by atoms with Crippen LogP contribution in [0.15, 0.2) is 29.2 Å². The molecule has 7 heteroatoms. The fourth-order valence-corrected chi connectivity index (χ4v) is 4.93. The molecule has 1 aliphatic carbocycles. The van der Waals surface area contributed by atoms with Crippen LogP contribution in [0.25, 0.3) is 0 Å². The minimum atomic E-state index is -3.67. The largest absolute Gasteiger partial charge is 0.369 e. The third kappa shape index (κ3) is 2.97. The molecule has 5 nitrogen and oxygen atoms in total. The van der Waals surface area contributed by atoms with Gasteiger partial charge in [0, 0.05) is 6.42 Å². The van der Waals surface area contributed by atoms with Gasteiger partial charge in [0.2, 0.25) is 5.91 Å². The predicted octanol–water partition coefficient (Wildman–Crippen LogP) is 1.78. The number of nitriles is 1. The molecule has 1 fully saturated rings. The highest BCUT2D eigenvalue weighted by Crippen LogP contribution is 2.46. The van der Waals surface area contributed by atoms with E-state index in [0.717, 1.165) is 12.1 Å². The minimum absolute atomic E-state index is 0.0103. The van der Waals surface area contributed by atoms with Crippen molar-refractivity contribution in [3.05, 3.63) is 30.1 Å². The number of halogens is 1. The van der Waals surface area contributed by atoms with Gasteiger partial charge in [0.15, 0.2) is 9.84 Å². The molecule has 0 radical (unpaired) electrons. The summed E-state index contributed by atoms with van der Waals surface area (Å²) in [5, 5.41) is 8.96. The summed E-state index contributed by atoms with van der Waals surface area (Å²) < 4.78 is 37.8. The van der Waals surface area contributed by atoms with Crippen LogP contribution < -0.4 is 5.73 Å². The second-order valence-corrected chi connectivity index (χ2v) is 7.71. The third-order valence-electron chi connectivity index (χ3n) is 4.44. The number of hydrogen-bond acceptors (Lipinski definition) is 4. The van der Waals surface area contributed by atoms with Crippen molar-refractivity contribution >= 4 is 15.7 Å². The zero-order valence-corrected chi connectivity index (χ0v) is 12.8. The van der Waals surface area contributed by atoms with Crippen LogP contribution in [-0.4, -0.2) is 20.1 Å². The van der Waals surface area contributed by atoms with Crippen molar-refractivity contribution in [3.8, 4) is 6.07 Å². The maximum absolute atomic E-state index is 12.9. The van der Waals surface area contributed by atoms with Gasteiger partial charge in [-0.25, -0.2) is 12.8 Å². The Hall–Kier alpha value is -1.94. The van der Waals surface area contributed by atoms with E-state index in [4.69, 9.17) is 11.0 Å². The van der Waals surface area contributed by atoms with Crippen LogP contribution in [0, 0.1) is 28.5 Å². The zero-order valence-electron chi connectivity index (χ0n) is 12.0. The molecular weight excluding hydrogens is 307 g/mol. The molecule has 2 atom stereocenters. The summed E-state index contributed by atoms with van der Waals surface area (Å²) in [5.74, 6) is -1.88. The molecule has 1 aliphatic rings. The fourth-order valence-electron chi connectivity index (χ4n) is 3.18. The van der Waals surface area contributed by atoms with E-state index in [0.29, 0.717) is 19.3 Å². The first kappa shape index (κ1) is 16.4. The Morgan fingerprint density at radius 1 is 1.41 bits per heavy atom. The maximum atomic E-state index is 12.9. The molecule has 0 heterocycles. The van der Waals surface area contributed by atoms with E-state index in [1.54, 1.807) is 0 Å². The zero-order chi connectivity index (χ0) is 16.4. The summed E-state index contributed by atoms with van der Waals surface area (Å²) in [6.45, 7) is 0. The first-order valence-electron chi connectivity index (χ1n) is 6.97. The molecule has 1 amide bonds. The van der Waals surface area contributed by atoms with Crippen LogP contribution >= 0.6 is 0 Å². The summed E-state index contributed by atoms with van der Waals surface area (Å²) >= 11 is 0. The molecule has 1 saturated carbocycles. The minimum Gasteiger partial charge on any atom is -0.369 e. The lowest BCUT2D eigenvalue weighted by molar-refractivity contribution is -0.129. The molecule has 2 unspecified atom stereocenters. The van der Waals surface area contributed by atoms with Crippen molar-refractivity contribution in [2.45, 2.75) is 30.6 Å². The molecule has 118 valence electrons. The number of rotatable bonds is 5. The molecule has 0 aromatic heterocycles. The highest BCUT2D eigenvalue weighted by Gasteiger charge is 2.49. The van der Waals surface area contributed by atoms with E-state index in [9.17, 15) is 17.6 Å². The average molecular weight is 324 g/mol. The Morgan fingerprint density at radius 3 is 2.59 bits per heavy atom. The topological polar surface area (TPSA) is 101 Å². The highest BCUT2D eigenvalue weighted by molar-refractivity contribution is 7.91. The van der Waals surface area contributed by atoms with Crippen molar-refractivity contribution in [2.75, 3.05) is 5.75 Å². The summed E-state index contributed by atoms with van der Waals surface area (Å²) in [5.41, 5.74) is 4.37. The van der Waals surface area contributed by atoms with Gasteiger partial charge >= 0.3 is 0 Å². The van der Waals surface area contributed by atoms with Gasteiger partial charge in [0.25, 0.3) is 0 Å². The van der Waals surface area contributed by atoms with Crippen LogP contribution in [0.4, 0.5) is 4.39 Å². The van der Waals surface area contributed by atoms with E-state index >= 15 is 0 Å². The number of primary amides is 1. The van der Waals surface area contributed by atoms with Gasteiger partial charge in [-0.2, -0.15) is 5.26 Å². The standard InChI is InChI=1S/C15H17FN2O3S/c16-12-3-5-13(6-4-12)22(20,21)10-11-2-1-7-15(11,8-9-17)14(18)19/h3-6,11H,1-2,7-8,10H2,(H2,18,19). The molecule has 0 spiro atoms. The van der Waals surface area contributed by atoms with Crippen LogP contribution in [0.5, 0.6) is 0 Å². The van der Waals surface area contributed by atoms with Crippen molar-refractivity contribution in [2.24, 2.45) is 17.1 Å². The molecule has 1 aromatic carbocycles. The average Bonchev–Trinajstić information content (AvgIpc) is 2.83. The third-order valence-corrected chi connectivity index (χ3v) is 6.27. The number of nitrogens with two attached hydrogens (primary N) is 1. The second kappa shape index (κ2) is 6.05. The first-order valence-corrected chi connectivity index (χ1v) is 8.62. The summed E-state index contributed by atoms with van der Waals surface area (Å²) in [7, 11) is -3.67. The molecule has 1 aromatic rings. The van der Waals surface area contributed by atoms with Crippen LogP contribution in [0.2, 0.25) is 0 Å². The summed E-state index contributed by atoms with van der Waals surface area (Å²) in [6, 6.07) is 6.52. The number of hydrogen-bond donors (Lipinski definition) is 1. The van der Waals surface area contributed by atoms with Crippen molar-refractivity contribution < 1.29 is 17.6 Å². The Bertz CT molecular complexity index is 709. The Labute approximate surface area is 128 Å². The monoisotopic (exact) mass is 324 g/mol. The SMILES string of the molecule is N#CCC1(C(N)=O)CCCC1CS(=O)(=O)c1ccc(F)cc1. The van der Waals surface area contributed by atoms with Gasteiger partial charge in [-0.1, -0.05) is 6.42 Å². The molecule has 22 heavy (non-hydrogen) atoms. The van der Waals surface area contributed by atoms with Crippen LogP contribution in [0.1, 0.15) is 25.7 Å². The van der Waals surface area contributed by atoms with Crippen molar-refractivity contribution in [1.82, 2.24) is 0 Å². The maximum Gasteiger partial charge on any atom is 0.224 e. The number of benzene rings is 1. The van der Waals surface area contributed by atoms with Crippen molar-refractivity contribution in [3.63, 3.8) is 0 Å². The van der Waals surface area contributed by atoms with Crippen LogP contribution in [0.3, 0.4) is 0 Å². The summed E-state index contributed by atoms with van der Waals surface area (Å²) in [6.07, 6.45) is 1.55. The number of carbonyl (C=O) groups is 1. The molecule has 0 aliphatic heterocycles.